The van der Waals surface area contributed by atoms with Gasteiger partial charge in [-0.3, -0.25) is 0 Å². The van der Waals surface area contributed by atoms with E-state index in [2.05, 4.69) is 29.6 Å². The fourth-order valence-corrected chi connectivity index (χ4v) is 3.72. The van der Waals surface area contributed by atoms with Crippen LogP contribution in [-0.4, -0.2) is 33.4 Å². The topological polar surface area (TPSA) is 39.7 Å². The lowest BCUT2D eigenvalue weighted by atomic mass is 10.0. The number of hydrogen-bond donors (Lipinski definition) is 1. The molecule has 2 aromatic carbocycles. The first-order chi connectivity index (χ1) is 12.7. The highest BCUT2D eigenvalue weighted by molar-refractivity contribution is 5.43. The van der Waals surface area contributed by atoms with Gasteiger partial charge in [0.1, 0.15) is 5.75 Å². The molecule has 0 spiro atoms. The maximum Gasteiger partial charge on any atom is 0.160 e. The van der Waals surface area contributed by atoms with E-state index in [1.165, 1.54) is 30.4 Å². The van der Waals surface area contributed by atoms with Gasteiger partial charge in [-0.1, -0.05) is 18.2 Å². The molecule has 1 aliphatic heterocycles. The molecule has 2 atom stereocenters. The molecule has 4 heteroatoms. The van der Waals surface area contributed by atoms with Crippen LogP contribution in [-0.2, 0) is 12.8 Å². The molecule has 1 heterocycles. The van der Waals surface area contributed by atoms with Crippen LogP contribution in [0.25, 0.3) is 0 Å². The molecule has 1 saturated heterocycles. The number of aryl methyl sites for hydroxylation is 1. The summed E-state index contributed by atoms with van der Waals surface area (Å²) in [5.41, 5.74) is 2.66. The van der Waals surface area contributed by atoms with Gasteiger partial charge in [-0.05, 0) is 67.5 Å². The summed E-state index contributed by atoms with van der Waals surface area (Å²) >= 11 is 0. The highest BCUT2D eigenvalue weighted by Crippen LogP contribution is 2.29. The average molecular weight is 355 g/mol. The monoisotopic (exact) mass is 355 g/mol. The molecule has 140 valence electrons. The average Bonchev–Trinajstić information content (AvgIpc) is 3.14. The van der Waals surface area contributed by atoms with Crippen LogP contribution < -0.4 is 19.5 Å². The van der Waals surface area contributed by atoms with Crippen LogP contribution in [0.5, 0.6) is 17.2 Å². The van der Waals surface area contributed by atoms with Crippen molar-refractivity contribution in [2.75, 3.05) is 21.3 Å². The van der Waals surface area contributed by atoms with E-state index in [1.807, 2.05) is 18.2 Å². The first-order valence-corrected chi connectivity index (χ1v) is 9.31. The van der Waals surface area contributed by atoms with Gasteiger partial charge in [0, 0.05) is 12.1 Å². The lowest BCUT2D eigenvalue weighted by Crippen LogP contribution is -2.31. The first kappa shape index (κ1) is 18.6. The predicted molar refractivity (Wildman–Crippen MR) is 105 cm³/mol. The number of rotatable bonds is 8. The van der Waals surface area contributed by atoms with E-state index in [0.29, 0.717) is 12.1 Å². The zero-order valence-electron chi connectivity index (χ0n) is 16.0. The lowest BCUT2D eigenvalue weighted by Gasteiger charge is -2.16. The fraction of sp³-hybridized carbons (Fsp3) is 0.455. The Morgan fingerprint density at radius 1 is 0.808 bits per heavy atom. The second-order valence-electron chi connectivity index (χ2n) is 6.92. The van der Waals surface area contributed by atoms with Crippen LogP contribution in [0.2, 0.25) is 0 Å². The molecule has 1 fully saturated rings. The van der Waals surface area contributed by atoms with Crippen molar-refractivity contribution in [3.63, 3.8) is 0 Å². The van der Waals surface area contributed by atoms with Crippen molar-refractivity contribution in [1.82, 2.24) is 5.32 Å². The smallest absolute Gasteiger partial charge is 0.160 e. The summed E-state index contributed by atoms with van der Waals surface area (Å²) in [7, 11) is 5.06. The van der Waals surface area contributed by atoms with Gasteiger partial charge in [0.05, 0.1) is 21.3 Å². The summed E-state index contributed by atoms with van der Waals surface area (Å²) in [6, 6.07) is 15.7. The van der Waals surface area contributed by atoms with Crippen LogP contribution in [0, 0.1) is 0 Å². The van der Waals surface area contributed by atoms with Crippen molar-refractivity contribution in [2.45, 2.75) is 44.2 Å². The zero-order valence-corrected chi connectivity index (χ0v) is 16.0. The molecule has 0 saturated carbocycles. The third kappa shape index (κ3) is 4.70. The van der Waals surface area contributed by atoms with E-state index in [1.54, 1.807) is 21.3 Å². The number of nitrogens with one attached hydrogen (secondary N) is 1. The van der Waals surface area contributed by atoms with Crippen molar-refractivity contribution in [3.05, 3.63) is 53.6 Å². The van der Waals surface area contributed by atoms with Gasteiger partial charge in [0.2, 0.25) is 0 Å². The Labute approximate surface area is 156 Å². The Balaban J connectivity index is 1.49. The third-order valence-electron chi connectivity index (χ3n) is 5.21. The number of hydrogen-bond acceptors (Lipinski definition) is 4. The Kier molecular flexibility index (Phi) is 6.40. The van der Waals surface area contributed by atoms with Crippen LogP contribution in [0.1, 0.15) is 30.4 Å². The van der Waals surface area contributed by atoms with Crippen molar-refractivity contribution < 1.29 is 14.2 Å². The van der Waals surface area contributed by atoms with Crippen molar-refractivity contribution in [3.8, 4) is 17.2 Å². The highest BCUT2D eigenvalue weighted by atomic mass is 16.5. The fourth-order valence-electron chi connectivity index (χ4n) is 3.72. The largest absolute Gasteiger partial charge is 0.497 e. The van der Waals surface area contributed by atoms with Gasteiger partial charge < -0.3 is 19.5 Å². The van der Waals surface area contributed by atoms with Gasteiger partial charge in [-0.2, -0.15) is 0 Å². The predicted octanol–water partition coefficient (Wildman–Crippen LogP) is 4.01. The van der Waals surface area contributed by atoms with Crippen LogP contribution in [0.3, 0.4) is 0 Å². The van der Waals surface area contributed by atoms with Gasteiger partial charge >= 0.3 is 0 Å². The van der Waals surface area contributed by atoms with Crippen LogP contribution in [0.15, 0.2) is 42.5 Å². The van der Waals surface area contributed by atoms with Crippen molar-refractivity contribution >= 4 is 0 Å². The molecule has 0 aliphatic carbocycles. The number of ether oxygens (including phenoxy) is 3. The molecule has 0 radical (unpaired) electrons. The van der Waals surface area contributed by atoms with Crippen molar-refractivity contribution in [2.24, 2.45) is 0 Å². The number of methoxy groups -OCH3 is 3. The number of benzene rings is 2. The molecule has 0 unspecified atom stereocenters. The van der Waals surface area contributed by atoms with Crippen molar-refractivity contribution in [1.29, 1.82) is 0 Å². The Hall–Kier alpha value is -2.20. The molecule has 1 aliphatic rings. The molecule has 26 heavy (non-hydrogen) atoms. The summed E-state index contributed by atoms with van der Waals surface area (Å²) in [4.78, 5) is 0. The minimum Gasteiger partial charge on any atom is -0.497 e. The molecule has 2 aromatic rings. The molecule has 0 aromatic heterocycles. The summed E-state index contributed by atoms with van der Waals surface area (Å²) in [6.45, 7) is 0. The summed E-state index contributed by atoms with van der Waals surface area (Å²) in [6.07, 6.45) is 5.77. The molecule has 4 nitrogen and oxygen atoms in total. The first-order valence-electron chi connectivity index (χ1n) is 9.31. The van der Waals surface area contributed by atoms with Gasteiger partial charge in [-0.15, -0.1) is 0 Å². The molecular weight excluding hydrogens is 326 g/mol. The standard InChI is InChI=1S/C22H29NO3/c1-24-20-11-5-16(6-12-20)4-8-18-9-10-19(23-18)14-17-7-13-21(25-2)22(15-17)26-3/h5-7,11-13,15,18-19,23H,4,8-10,14H2,1-3H3/t18-,19-/m0/s1. The normalized spacial score (nSPS) is 19.3. The minimum atomic E-state index is 0.536. The van der Waals surface area contributed by atoms with E-state index < -0.39 is 0 Å². The Bertz CT molecular complexity index is 699. The van der Waals surface area contributed by atoms with Crippen LogP contribution in [0.4, 0.5) is 0 Å². The summed E-state index contributed by atoms with van der Waals surface area (Å²) < 4.78 is 16.0. The zero-order chi connectivity index (χ0) is 18.4. The lowest BCUT2D eigenvalue weighted by molar-refractivity contribution is 0.354. The molecule has 3 rings (SSSR count). The molecule has 0 amide bonds. The maximum atomic E-state index is 5.41. The second kappa shape index (κ2) is 8.95. The van der Waals surface area contributed by atoms with E-state index in [9.17, 15) is 0 Å². The van der Waals surface area contributed by atoms with E-state index in [4.69, 9.17) is 14.2 Å². The Morgan fingerprint density at radius 2 is 1.50 bits per heavy atom. The summed E-state index contributed by atoms with van der Waals surface area (Å²) in [5, 5.41) is 3.80. The van der Waals surface area contributed by atoms with E-state index in [0.717, 1.165) is 30.1 Å². The SMILES string of the molecule is COc1ccc(CC[C@H]2CC[C@@H](Cc3ccc(OC)c(OC)c3)N2)cc1. The van der Waals surface area contributed by atoms with E-state index in [-0.39, 0.29) is 0 Å². The molecule has 1 N–H and O–H groups in total. The Morgan fingerprint density at radius 3 is 2.19 bits per heavy atom. The van der Waals surface area contributed by atoms with Gasteiger partial charge in [0.25, 0.3) is 0 Å². The minimum absolute atomic E-state index is 0.536. The van der Waals surface area contributed by atoms with Gasteiger partial charge in [-0.25, -0.2) is 0 Å². The highest BCUT2D eigenvalue weighted by Gasteiger charge is 2.23. The third-order valence-corrected chi connectivity index (χ3v) is 5.21. The van der Waals surface area contributed by atoms with Crippen LogP contribution >= 0.6 is 0 Å². The second-order valence-corrected chi connectivity index (χ2v) is 6.92. The summed E-state index contributed by atoms with van der Waals surface area (Å²) in [5.74, 6) is 2.51. The maximum absolute atomic E-state index is 5.41. The molecule has 0 bridgehead atoms. The van der Waals surface area contributed by atoms with E-state index >= 15 is 0 Å². The quantitative estimate of drug-likeness (QED) is 0.777. The van der Waals surface area contributed by atoms with Gasteiger partial charge in [0.15, 0.2) is 11.5 Å². The molecular formula is C22H29NO3.